The van der Waals surface area contributed by atoms with E-state index in [0.29, 0.717) is 5.69 Å². The van der Waals surface area contributed by atoms with Gasteiger partial charge in [-0.2, -0.15) is 0 Å². The number of hydrogen-bond donors (Lipinski definition) is 1. The summed E-state index contributed by atoms with van der Waals surface area (Å²) in [5, 5.41) is 13.8. The molecule has 1 aliphatic rings. The number of carbonyl (C=O) groups is 1. The number of nitro benzene ring substituents is 1. The van der Waals surface area contributed by atoms with Crippen LogP contribution in [0.4, 0.5) is 17.1 Å². The van der Waals surface area contributed by atoms with Gasteiger partial charge in [0.2, 0.25) is 0 Å². The Labute approximate surface area is 158 Å². The predicted molar refractivity (Wildman–Crippen MR) is 104 cm³/mol. The molecule has 0 saturated carbocycles. The second-order valence-electron chi connectivity index (χ2n) is 6.57. The van der Waals surface area contributed by atoms with Crippen LogP contribution in [0, 0.1) is 10.1 Å². The zero-order valence-electron chi connectivity index (χ0n) is 15.3. The standard InChI is InChI=1S/C20H23N3O4/c1-15(27-19-8-4-3-7-18(19)23(25)26)20(24)21-16-9-11-17(12-10-16)22-13-5-2-6-14-22/h3-4,7-12,15H,2,5-6,13-14H2,1H3,(H,21,24)/t15-/m1/s1. The van der Waals surface area contributed by atoms with E-state index in [9.17, 15) is 14.9 Å². The van der Waals surface area contributed by atoms with Gasteiger partial charge in [0.1, 0.15) is 0 Å². The van der Waals surface area contributed by atoms with Crippen molar-refractivity contribution < 1.29 is 14.5 Å². The lowest BCUT2D eigenvalue weighted by Crippen LogP contribution is -2.30. The fourth-order valence-corrected chi connectivity index (χ4v) is 3.10. The van der Waals surface area contributed by atoms with Crippen molar-refractivity contribution in [3.63, 3.8) is 0 Å². The van der Waals surface area contributed by atoms with Crippen molar-refractivity contribution in [3.8, 4) is 5.75 Å². The van der Waals surface area contributed by atoms with Crippen LogP contribution in [-0.4, -0.2) is 30.0 Å². The lowest BCUT2D eigenvalue weighted by molar-refractivity contribution is -0.386. The molecule has 142 valence electrons. The number of carbonyl (C=O) groups excluding carboxylic acids is 1. The zero-order chi connectivity index (χ0) is 19.2. The van der Waals surface area contributed by atoms with Gasteiger partial charge in [0.15, 0.2) is 11.9 Å². The molecule has 0 radical (unpaired) electrons. The van der Waals surface area contributed by atoms with Crippen LogP contribution < -0.4 is 15.0 Å². The summed E-state index contributed by atoms with van der Waals surface area (Å²) in [5.74, 6) is -0.288. The molecule has 0 aromatic heterocycles. The summed E-state index contributed by atoms with van der Waals surface area (Å²) in [4.78, 5) is 25.2. The molecule has 1 N–H and O–H groups in total. The van der Waals surface area contributed by atoms with Crippen molar-refractivity contribution in [3.05, 3.63) is 58.6 Å². The summed E-state index contributed by atoms with van der Waals surface area (Å²) in [7, 11) is 0. The first-order chi connectivity index (χ1) is 13.0. The number of piperidine rings is 1. The molecule has 1 heterocycles. The lowest BCUT2D eigenvalue weighted by Gasteiger charge is -2.28. The number of ether oxygens (including phenoxy) is 1. The molecule has 1 fully saturated rings. The topological polar surface area (TPSA) is 84.7 Å². The Bertz CT molecular complexity index is 801. The number of para-hydroxylation sites is 2. The number of hydrogen-bond acceptors (Lipinski definition) is 5. The Hall–Kier alpha value is -3.09. The van der Waals surface area contributed by atoms with Crippen LogP contribution in [0.2, 0.25) is 0 Å². The fourth-order valence-electron chi connectivity index (χ4n) is 3.10. The summed E-state index contributed by atoms with van der Waals surface area (Å²) in [5.41, 5.74) is 1.65. The van der Waals surface area contributed by atoms with Crippen molar-refractivity contribution in [2.24, 2.45) is 0 Å². The number of nitro groups is 1. The highest BCUT2D eigenvalue weighted by Crippen LogP contribution is 2.27. The highest BCUT2D eigenvalue weighted by atomic mass is 16.6. The van der Waals surface area contributed by atoms with E-state index >= 15 is 0 Å². The van der Waals surface area contributed by atoms with Gasteiger partial charge >= 0.3 is 5.69 Å². The molecule has 27 heavy (non-hydrogen) atoms. The second-order valence-corrected chi connectivity index (χ2v) is 6.57. The Morgan fingerprint density at radius 1 is 1.11 bits per heavy atom. The fraction of sp³-hybridized carbons (Fsp3) is 0.350. The molecule has 1 saturated heterocycles. The molecule has 3 rings (SSSR count). The Morgan fingerprint density at radius 3 is 2.44 bits per heavy atom. The third kappa shape index (κ3) is 4.75. The van der Waals surface area contributed by atoms with Gasteiger partial charge in [-0.25, -0.2) is 0 Å². The van der Waals surface area contributed by atoms with E-state index in [1.165, 1.54) is 31.4 Å². The smallest absolute Gasteiger partial charge is 0.310 e. The van der Waals surface area contributed by atoms with Crippen LogP contribution in [0.5, 0.6) is 5.75 Å². The van der Waals surface area contributed by atoms with Gasteiger partial charge in [0, 0.05) is 30.5 Å². The SMILES string of the molecule is C[C@@H](Oc1ccccc1[N+](=O)[O-])C(=O)Nc1ccc(N2CCCCC2)cc1. The molecule has 1 atom stereocenters. The van der Waals surface area contributed by atoms with E-state index in [-0.39, 0.29) is 17.3 Å². The molecule has 0 aliphatic carbocycles. The molecule has 1 amide bonds. The Kier molecular flexibility index (Phi) is 5.90. The number of benzene rings is 2. The maximum atomic E-state index is 12.4. The summed E-state index contributed by atoms with van der Waals surface area (Å²) in [6.07, 6.45) is 2.83. The third-order valence-corrected chi connectivity index (χ3v) is 4.59. The third-order valence-electron chi connectivity index (χ3n) is 4.59. The van der Waals surface area contributed by atoms with Gasteiger partial charge in [-0.15, -0.1) is 0 Å². The van der Waals surface area contributed by atoms with Crippen molar-refractivity contribution in [2.75, 3.05) is 23.3 Å². The van der Waals surface area contributed by atoms with Gasteiger partial charge < -0.3 is 15.0 Å². The minimum Gasteiger partial charge on any atom is -0.474 e. The van der Waals surface area contributed by atoms with Gasteiger partial charge in [0.25, 0.3) is 5.91 Å². The molecular weight excluding hydrogens is 346 g/mol. The van der Waals surface area contributed by atoms with Crippen LogP contribution in [0.25, 0.3) is 0 Å². The van der Waals surface area contributed by atoms with Crippen molar-refractivity contribution in [2.45, 2.75) is 32.3 Å². The minimum atomic E-state index is -0.868. The van der Waals surface area contributed by atoms with Crippen LogP contribution in [0.1, 0.15) is 26.2 Å². The van der Waals surface area contributed by atoms with Gasteiger partial charge in [0.05, 0.1) is 4.92 Å². The molecule has 7 heteroatoms. The van der Waals surface area contributed by atoms with Crippen LogP contribution >= 0.6 is 0 Å². The monoisotopic (exact) mass is 369 g/mol. The summed E-state index contributed by atoms with van der Waals surface area (Å²) >= 11 is 0. The first-order valence-corrected chi connectivity index (χ1v) is 9.10. The summed E-state index contributed by atoms with van der Waals surface area (Å²) < 4.78 is 5.50. The molecule has 0 spiro atoms. The highest BCUT2D eigenvalue weighted by molar-refractivity contribution is 5.94. The Morgan fingerprint density at radius 2 is 1.78 bits per heavy atom. The maximum absolute atomic E-state index is 12.4. The predicted octanol–water partition coefficient (Wildman–Crippen LogP) is 3.99. The second kappa shape index (κ2) is 8.53. The quantitative estimate of drug-likeness (QED) is 0.615. The van der Waals surface area contributed by atoms with Crippen LogP contribution in [0.15, 0.2) is 48.5 Å². The van der Waals surface area contributed by atoms with E-state index in [1.807, 2.05) is 24.3 Å². The summed E-state index contributed by atoms with van der Waals surface area (Å²) in [6.45, 7) is 3.69. The normalized spacial score (nSPS) is 15.1. The van der Waals surface area contributed by atoms with Crippen molar-refractivity contribution >= 4 is 23.0 Å². The molecule has 2 aromatic carbocycles. The minimum absolute atomic E-state index is 0.0746. The van der Waals surface area contributed by atoms with E-state index in [2.05, 4.69) is 10.2 Å². The van der Waals surface area contributed by atoms with Crippen LogP contribution in [-0.2, 0) is 4.79 Å². The maximum Gasteiger partial charge on any atom is 0.310 e. The van der Waals surface area contributed by atoms with E-state index in [1.54, 1.807) is 19.1 Å². The first-order valence-electron chi connectivity index (χ1n) is 9.10. The van der Waals surface area contributed by atoms with E-state index in [0.717, 1.165) is 18.8 Å². The van der Waals surface area contributed by atoms with Crippen LogP contribution in [0.3, 0.4) is 0 Å². The highest BCUT2D eigenvalue weighted by Gasteiger charge is 2.21. The molecular formula is C20H23N3O4. The first kappa shape index (κ1) is 18.7. The molecule has 7 nitrogen and oxygen atoms in total. The average molecular weight is 369 g/mol. The molecule has 2 aromatic rings. The van der Waals surface area contributed by atoms with E-state index < -0.39 is 11.0 Å². The number of amides is 1. The van der Waals surface area contributed by atoms with Gasteiger partial charge in [-0.1, -0.05) is 12.1 Å². The number of nitrogens with zero attached hydrogens (tertiary/aromatic N) is 2. The molecule has 0 bridgehead atoms. The van der Waals surface area contributed by atoms with Gasteiger partial charge in [-0.05, 0) is 56.5 Å². The lowest BCUT2D eigenvalue weighted by atomic mass is 10.1. The van der Waals surface area contributed by atoms with Crippen molar-refractivity contribution in [1.29, 1.82) is 0 Å². The largest absolute Gasteiger partial charge is 0.474 e. The number of rotatable bonds is 6. The molecule has 0 unspecified atom stereocenters. The summed E-state index contributed by atoms with van der Waals surface area (Å²) in [6, 6.07) is 13.7. The Balaban J connectivity index is 1.60. The van der Waals surface area contributed by atoms with Gasteiger partial charge in [-0.3, -0.25) is 14.9 Å². The van der Waals surface area contributed by atoms with E-state index in [4.69, 9.17) is 4.74 Å². The number of anilines is 2. The van der Waals surface area contributed by atoms with Crippen molar-refractivity contribution in [1.82, 2.24) is 0 Å². The zero-order valence-corrected chi connectivity index (χ0v) is 15.3. The number of nitrogens with one attached hydrogen (secondary N) is 1. The average Bonchev–Trinajstić information content (AvgIpc) is 2.69. The molecule has 1 aliphatic heterocycles.